The van der Waals surface area contributed by atoms with Gasteiger partial charge in [0.15, 0.2) is 0 Å². The molecule has 0 saturated carbocycles. The molecule has 0 fully saturated rings. The predicted octanol–water partition coefficient (Wildman–Crippen LogP) is 2.99. The molecule has 0 aliphatic heterocycles. The van der Waals surface area contributed by atoms with Crippen LogP contribution in [0, 0.1) is 13.8 Å². The van der Waals surface area contributed by atoms with E-state index in [1.54, 1.807) is 0 Å². The number of amides is 1. The van der Waals surface area contributed by atoms with Crippen LogP contribution in [-0.4, -0.2) is 19.1 Å². The SMILES string of the molecule is CCCNC(=O)CCCOc1cc(C)ccc1C. The van der Waals surface area contributed by atoms with Crippen molar-refractivity contribution in [2.45, 2.75) is 40.0 Å². The molecule has 0 saturated heterocycles. The third kappa shape index (κ3) is 5.21. The van der Waals surface area contributed by atoms with Crippen LogP contribution in [0.4, 0.5) is 0 Å². The monoisotopic (exact) mass is 249 g/mol. The highest BCUT2D eigenvalue weighted by Crippen LogP contribution is 2.19. The lowest BCUT2D eigenvalue weighted by atomic mass is 10.1. The molecule has 1 aromatic carbocycles. The smallest absolute Gasteiger partial charge is 0.220 e. The highest BCUT2D eigenvalue weighted by atomic mass is 16.5. The molecule has 0 aromatic heterocycles. The summed E-state index contributed by atoms with van der Waals surface area (Å²) in [5, 5.41) is 2.86. The van der Waals surface area contributed by atoms with E-state index in [1.807, 2.05) is 26.8 Å². The summed E-state index contributed by atoms with van der Waals surface area (Å²) in [6.07, 6.45) is 2.26. The molecule has 1 N–H and O–H groups in total. The topological polar surface area (TPSA) is 38.3 Å². The predicted molar refractivity (Wildman–Crippen MR) is 73.9 cm³/mol. The molecular formula is C15H23NO2. The Morgan fingerprint density at radius 1 is 1.33 bits per heavy atom. The van der Waals surface area contributed by atoms with Crippen molar-refractivity contribution >= 4 is 5.91 Å². The van der Waals surface area contributed by atoms with E-state index in [9.17, 15) is 4.79 Å². The van der Waals surface area contributed by atoms with Crippen molar-refractivity contribution in [3.8, 4) is 5.75 Å². The molecule has 0 heterocycles. The second kappa shape index (κ2) is 7.75. The second-order valence-electron chi connectivity index (χ2n) is 4.57. The zero-order chi connectivity index (χ0) is 13.4. The van der Waals surface area contributed by atoms with Gasteiger partial charge in [-0.3, -0.25) is 4.79 Å². The number of ether oxygens (including phenoxy) is 1. The molecule has 0 aliphatic rings. The fraction of sp³-hybridized carbons (Fsp3) is 0.533. The second-order valence-corrected chi connectivity index (χ2v) is 4.57. The molecule has 0 spiro atoms. The Kier molecular flexibility index (Phi) is 6.26. The first-order chi connectivity index (χ1) is 8.63. The molecule has 0 radical (unpaired) electrons. The Balaban J connectivity index is 2.25. The van der Waals surface area contributed by atoms with Gasteiger partial charge in [-0.25, -0.2) is 0 Å². The molecule has 0 atom stereocenters. The molecule has 3 nitrogen and oxygen atoms in total. The van der Waals surface area contributed by atoms with Crippen LogP contribution in [0.25, 0.3) is 0 Å². The molecule has 1 aromatic rings. The number of benzene rings is 1. The van der Waals surface area contributed by atoms with E-state index in [0.29, 0.717) is 13.0 Å². The van der Waals surface area contributed by atoms with E-state index in [1.165, 1.54) is 5.56 Å². The van der Waals surface area contributed by atoms with E-state index < -0.39 is 0 Å². The summed E-state index contributed by atoms with van der Waals surface area (Å²) in [5.41, 5.74) is 2.33. The van der Waals surface area contributed by atoms with Crippen molar-refractivity contribution in [1.29, 1.82) is 0 Å². The minimum Gasteiger partial charge on any atom is -0.493 e. The van der Waals surface area contributed by atoms with Crippen LogP contribution < -0.4 is 10.1 Å². The maximum Gasteiger partial charge on any atom is 0.220 e. The molecule has 3 heteroatoms. The Bertz CT molecular complexity index is 388. The molecule has 0 unspecified atom stereocenters. The third-order valence-corrected chi connectivity index (χ3v) is 2.72. The quantitative estimate of drug-likeness (QED) is 0.754. The lowest BCUT2D eigenvalue weighted by Crippen LogP contribution is -2.24. The van der Waals surface area contributed by atoms with Gasteiger partial charge in [0.25, 0.3) is 0 Å². The number of carbonyl (C=O) groups excluding carboxylic acids is 1. The van der Waals surface area contributed by atoms with E-state index in [4.69, 9.17) is 4.74 Å². The first kappa shape index (κ1) is 14.6. The molecule has 1 amide bonds. The Morgan fingerprint density at radius 2 is 2.11 bits per heavy atom. The summed E-state index contributed by atoms with van der Waals surface area (Å²) in [5.74, 6) is 1.03. The molecule has 0 bridgehead atoms. The van der Waals surface area contributed by atoms with Gasteiger partial charge in [-0.05, 0) is 43.9 Å². The van der Waals surface area contributed by atoms with E-state index in [0.717, 1.165) is 30.7 Å². The van der Waals surface area contributed by atoms with Gasteiger partial charge in [-0.15, -0.1) is 0 Å². The average molecular weight is 249 g/mol. The molecule has 0 aliphatic carbocycles. The number of hydrogen-bond acceptors (Lipinski definition) is 2. The molecule has 1 rings (SSSR count). The number of aryl methyl sites for hydroxylation is 2. The maximum absolute atomic E-state index is 11.4. The molecular weight excluding hydrogens is 226 g/mol. The highest BCUT2D eigenvalue weighted by molar-refractivity contribution is 5.75. The van der Waals surface area contributed by atoms with Crippen LogP contribution in [0.3, 0.4) is 0 Å². The first-order valence-electron chi connectivity index (χ1n) is 6.60. The van der Waals surface area contributed by atoms with Crippen molar-refractivity contribution < 1.29 is 9.53 Å². The summed E-state index contributed by atoms with van der Waals surface area (Å²) in [7, 11) is 0. The highest BCUT2D eigenvalue weighted by Gasteiger charge is 2.02. The van der Waals surface area contributed by atoms with Gasteiger partial charge in [-0.1, -0.05) is 19.1 Å². The Morgan fingerprint density at radius 3 is 2.83 bits per heavy atom. The normalized spacial score (nSPS) is 10.2. The van der Waals surface area contributed by atoms with Gasteiger partial charge in [0.1, 0.15) is 5.75 Å². The fourth-order valence-electron chi connectivity index (χ4n) is 1.63. The minimum absolute atomic E-state index is 0.112. The van der Waals surface area contributed by atoms with Crippen molar-refractivity contribution in [1.82, 2.24) is 5.32 Å². The van der Waals surface area contributed by atoms with E-state index >= 15 is 0 Å². The Labute approximate surface area is 110 Å². The van der Waals surface area contributed by atoms with Gasteiger partial charge < -0.3 is 10.1 Å². The van der Waals surface area contributed by atoms with Gasteiger partial charge in [-0.2, -0.15) is 0 Å². The summed E-state index contributed by atoms with van der Waals surface area (Å²) in [6, 6.07) is 6.16. The van der Waals surface area contributed by atoms with Crippen LogP contribution in [0.5, 0.6) is 5.75 Å². The zero-order valence-corrected chi connectivity index (χ0v) is 11.6. The van der Waals surface area contributed by atoms with Crippen molar-refractivity contribution in [3.05, 3.63) is 29.3 Å². The summed E-state index contributed by atoms with van der Waals surface area (Å²) < 4.78 is 5.69. The minimum atomic E-state index is 0.112. The van der Waals surface area contributed by atoms with Crippen LogP contribution >= 0.6 is 0 Å². The summed E-state index contributed by atoms with van der Waals surface area (Å²) in [4.78, 5) is 11.4. The van der Waals surface area contributed by atoms with E-state index in [-0.39, 0.29) is 5.91 Å². The van der Waals surface area contributed by atoms with Gasteiger partial charge in [0.05, 0.1) is 6.61 Å². The number of carbonyl (C=O) groups is 1. The van der Waals surface area contributed by atoms with Crippen molar-refractivity contribution in [2.75, 3.05) is 13.2 Å². The van der Waals surface area contributed by atoms with Gasteiger partial charge in [0.2, 0.25) is 5.91 Å². The van der Waals surface area contributed by atoms with Crippen LogP contribution in [-0.2, 0) is 4.79 Å². The first-order valence-corrected chi connectivity index (χ1v) is 6.60. The largest absolute Gasteiger partial charge is 0.493 e. The number of rotatable bonds is 7. The summed E-state index contributed by atoms with van der Waals surface area (Å²) in [6.45, 7) is 7.47. The number of hydrogen-bond donors (Lipinski definition) is 1. The lowest BCUT2D eigenvalue weighted by molar-refractivity contribution is -0.121. The maximum atomic E-state index is 11.4. The van der Waals surface area contributed by atoms with E-state index in [2.05, 4.69) is 17.4 Å². The summed E-state index contributed by atoms with van der Waals surface area (Å²) >= 11 is 0. The van der Waals surface area contributed by atoms with Crippen molar-refractivity contribution in [2.24, 2.45) is 0 Å². The van der Waals surface area contributed by atoms with Crippen molar-refractivity contribution in [3.63, 3.8) is 0 Å². The van der Waals surface area contributed by atoms with Crippen LogP contribution in [0.2, 0.25) is 0 Å². The van der Waals surface area contributed by atoms with Crippen LogP contribution in [0.1, 0.15) is 37.3 Å². The standard InChI is InChI=1S/C15H23NO2/c1-4-9-16-15(17)6-5-10-18-14-11-12(2)7-8-13(14)3/h7-8,11H,4-6,9-10H2,1-3H3,(H,16,17). The molecule has 18 heavy (non-hydrogen) atoms. The fourth-order valence-corrected chi connectivity index (χ4v) is 1.63. The Hall–Kier alpha value is -1.51. The zero-order valence-electron chi connectivity index (χ0n) is 11.6. The third-order valence-electron chi connectivity index (χ3n) is 2.72. The molecule has 100 valence electrons. The average Bonchev–Trinajstić information content (AvgIpc) is 2.36. The number of nitrogens with one attached hydrogen (secondary N) is 1. The van der Waals surface area contributed by atoms with Gasteiger partial charge >= 0.3 is 0 Å². The van der Waals surface area contributed by atoms with Gasteiger partial charge in [0, 0.05) is 13.0 Å². The lowest BCUT2D eigenvalue weighted by Gasteiger charge is -2.09. The van der Waals surface area contributed by atoms with Crippen LogP contribution in [0.15, 0.2) is 18.2 Å².